The van der Waals surface area contributed by atoms with E-state index in [0.29, 0.717) is 12.0 Å². The molecule has 1 N–H and O–H groups in total. The summed E-state index contributed by atoms with van der Waals surface area (Å²) in [6, 6.07) is 8.97. The van der Waals surface area contributed by atoms with Gasteiger partial charge < -0.3 is 5.32 Å². The van der Waals surface area contributed by atoms with Crippen LogP contribution < -0.4 is 5.32 Å². The van der Waals surface area contributed by atoms with E-state index in [1.165, 1.54) is 17.7 Å². The fraction of sp³-hybridized carbons (Fsp3) is 0.467. The predicted molar refractivity (Wildman–Crippen MR) is 75.6 cm³/mol. The molecule has 18 heavy (non-hydrogen) atoms. The Labute approximate surface area is 108 Å². The van der Waals surface area contributed by atoms with Crippen LogP contribution in [0.2, 0.25) is 0 Å². The van der Waals surface area contributed by atoms with Crippen molar-refractivity contribution in [1.29, 1.82) is 0 Å². The standard InChI is InChI=1S/C15H19N3/c1-3-16-9-14-12-8-13(12)17-15(18-14)11-6-4-10(2)5-7-11/h4-7,12-13,16H,3,8-9H2,1-2H3. The summed E-state index contributed by atoms with van der Waals surface area (Å²) in [5.41, 5.74) is 3.70. The monoisotopic (exact) mass is 241 g/mol. The number of hydrogen-bond donors (Lipinski definition) is 1. The maximum atomic E-state index is 4.75. The molecule has 1 heterocycles. The SMILES string of the molecule is CCNCC1=NC(c2ccc(C)cc2)=NC2CC12. The summed E-state index contributed by atoms with van der Waals surface area (Å²) in [6.45, 7) is 6.13. The molecule has 0 radical (unpaired) electrons. The highest BCUT2D eigenvalue weighted by atomic mass is 15.0. The molecular formula is C15H19N3. The predicted octanol–water partition coefficient (Wildman–Crippen LogP) is 2.19. The second-order valence-electron chi connectivity index (χ2n) is 5.11. The molecule has 2 atom stereocenters. The maximum Gasteiger partial charge on any atom is 0.154 e. The summed E-state index contributed by atoms with van der Waals surface area (Å²) >= 11 is 0. The fourth-order valence-corrected chi connectivity index (χ4v) is 2.35. The van der Waals surface area contributed by atoms with Crippen LogP contribution in [0.15, 0.2) is 34.3 Å². The van der Waals surface area contributed by atoms with Crippen LogP contribution in [0.25, 0.3) is 0 Å². The molecule has 0 spiro atoms. The van der Waals surface area contributed by atoms with Gasteiger partial charge in [-0.2, -0.15) is 0 Å². The third-order valence-corrected chi connectivity index (χ3v) is 3.59. The number of hydrogen-bond acceptors (Lipinski definition) is 3. The van der Waals surface area contributed by atoms with Crippen LogP contribution in [0.3, 0.4) is 0 Å². The number of nitrogens with one attached hydrogen (secondary N) is 1. The molecule has 2 unspecified atom stereocenters. The first-order valence-corrected chi connectivity index (χ1v) is 6.71. The lowest BCUT2D eigenvalue weighted by Crippen LogP contribution is -2.27. The van der Waals surface area contributed by atoms with Gasteiger partial charge in [0.1, 0.15) is 0 Å². The molecule has 1 aromatic rings. The lowest BCUT2D eigenvalue weighted by Gasteiger charge is -2.12. The Bertz CT molecular complexity index is 499. The van der Waals surface area contributed by atoms with Gasteiger partial charge in [0, 0.05) is 23.7 Å². The first-order chi connectivity index (χ1) is 8.78. The van der Waals surface area contributed by atoms with Gasteiger partial charge in [-0.25, -0.2) is 4.99 Å². The Balaban J connectivity index is 1.84. The van der Waals surface area contributed by atoms with Crippen LogP contribution in [0.5, 0.6) is 0 Å². The molecule has 3 heteroatoms. The normalized spacial score (nSPS) is 25.2. The molecule has 1 saturated carbocycles. The van der Waals surface area contributed by atoms with Crippen molar-refractivity contribution in [3.05, 3.63) is 35.4 Å². The van der Waals surface area contributed by atoms with Crippen LogP contribution in [0.1, 0.15) is 24.5 Å². The van der Waals surface area contributed by atoms with Crippen molar-refractivity contribution in [2.24, 2.45) is 15.9 Å². The van der Waals surface area contributed by atoms with Crippen molar-refractivity contribution in [3.8, 4) is 0 Å². The summed E-state index contributed by atoms with van der Waals surface area (Å²) in [5, 5.41) is 3.37. The Kier molecular flexibility index (Phi) is 3.00. The van der Waals surface area contributed by atoms with Crippen molar-refractivity contribution < 1.29 is 0 Å². The topological polar surface area (TPSA) is 36.8 Å². The van der Waals surface area contributed by atoms with Gasteiger partial charge in [0.05, 0.1) is 6.04 Å². The molecule has 1 aliphatic heterocycles. The van der Waals surface area contributed by atoms with Crippen molar-refractivity contribution in [1.82, 2.24) is 5.32 Å². The van der Waals surface area contributed by atoms with Crippen LogP contribution in [0.4, 0.5) is 0 Å². The van der Waals surface area contributed by atoms with Crippen molar-refractivity contribution in [3.63, 3.8) is 0 Å². The quantitative estimate of drug-likeness (QED) is 0.862. The zero-order chi connectivity index (χ0) is 12.5. The number of benzene rings is 1. The van der Waals surface area contributed by atoms with E-state index in [9.17, 15) is 0 Å². The number of amidine groups is 1. The third kappa shape index (κ3) is 2.23. The second kappa shape index (κ2) is 4.65. The highest BCUT2D eigenvalue weighted by molar-refractivity contribution is 6.11. The van der Waals surface area contributed by atoms with Gasteiger partial charge in [0.2, 0.25) is 0 Å². The molecule has 1 aliphatic carbocycles. The van der Waals surface area contributed by atoms with E-state index in [4.69, 9.17) is 9.98 Å². The van der Waals surface area contributed by atoms with Crippen LogP contribution in [-0.2, 0) is 0 Å². The number of aryl methyl sites for hydroxylation is 1. The van der Waals surface area contributed by atoms with Gasteiger partial charge >= 0.3 is 0 Å². The molecule has 0 aromatic heterocycles. The van der Waals surface area contributed by atoms with Crippen LogP contribution in [0, 0.1) is 12.8 Å². The molecular weight excluding hydrogens is 222 g/mol. The highest BCUT2D eigenvalue weighted by Gasteiger charge is 2.43. The first-order valence-electron chi connectivity index (χ1n) is 6.71. The zero-order valence-corrected chi connectivity index (χ0v) is 11.0. The average molecular weight is 241 g/mol. The maximum absolute atomic E-state index is 4.75. The van der Waals surface area contributed by atoms with Gasteiger partial charge in [-0.3, -0.25) is 4.99 Å². The number of fused-ring (bicyclic) bond motifs is 1. The molecule has 0 saturated heterocycles. The van der Waals surface area contributed by atoms with E-state index >= 15 is 0 Å². The Morgan fingerprint density at radius 1 is 1.28 bits per heavy atom. The molecule has 0 amide bonds. The number of rotatable bonds is 4. The third-order valence-electron chi connectivity index (χ3n) is 3.59. The highest BCUT2D eigenvalue weighted by Crippen LogP contribution is 2.38. The van der Waals surface area contributed by atoms with E-state index in [1.807, 2.05) is 0 Å². The van der Waals surface area contributed by atoms with Gasteiger partial charge in [-0.1, -0.05) is 36.8 Å². The summed E-state index contributed by atoms with van der Waals surface area (Å²) < 4.78 is 0. The number of aliphatic imine (C=N–C) groups is 2. The molecule has 0 bridgehead atoms. The molecule has 94 valence electrons. The summed E-state index contributed by atoms with van der Waals surface area (Å²) in [5.74, 6) is 1.53. The lowest BCUT2D eigenvalue weighted by atomic mass is 10.1. The lowest BCUT2D eigenvalue weighted by molar-refractivity contribution is 0.798. The average Bonchev–Trinajstić information content (AvgIpc) is 3.16. The van der Waals surface area contributed by atoms with E-state index in [-0.39, 0.29) is 0 Å². The van der Waals surface area contributed by atoms with Crippen molar-refractivity contribution in [2.45, 2.75) is 26.3 Å². The molecule has 1 fully saturated rings. The largest absolute Gasteiger partial charge is 0.312 e. The van der Waals surface area contributed by atoms with Crippen LogP contribution in [-0.4, -0.2) is 30.7 Å². The van der Waals surface area contributed by atoms with E-state index in [1.54, 1.807) is 0 Å². The zero-order valence-electron chi connectivity index (χ0n) is 11.0. The Hall–Kier alpha value is -1.48. The summed E-state index contributed by atoms with van der Waals surface area (Å²) in [6.07, 6.45) is 1.18. The first kappa shape index (κ1) is 11.6. The number of nitrogens with zero attached hydrogens (tertiary/aromatic N) is 2. The molecule has 2 aliphatic rings. The van der Waals surface area contributed by atoms with Crippen LogP contribution >= 0.6 is 0 Å². The Morgan fingerprint density at radius 3 is 2.78 bits per heavy atom. The molecule has 3 nitrogen and oxygen atoms in total. The van der Waals surface area contributed by atoms with E-state index < -0.39 is 0 Å². The van der Waals surface area contributed by atoms with Gasteiger partial charge in [-0.15, -0.1) is 0 Å². The van der Waals surface area contributed by atoms with E-state index in [0.717, 1.165) is 24.5 Å². The smallest absolute Gasteiger partial charge is 0.154 e. The minimum absolute atomic E-state index is 0.493. The fourth-order valence-electron chi connectivity index (χ4n) is 2.35. The van der Waals surface area contributed by atoms with Crippen molar-refractivity contribution >= 4 is 11.5 Å². The minimum atomic E-state index is 0.493. The summed E-state index contributed by atoms with van der Waals surface area (Å²) in [7, 11) is 0. The summed E-state index contributed by atoms with van der Waals surface area (Å²) in [4.78, 5) is 9.46. The van der Waals surface area contributed by atoms with Gasteiger partial charge in [0.25, 0.3) is 0 Å². The Morgan fingerprint density at radius 2 is 2.06 bits per heavy atom. The minimum Gasteiger partial charge on any atom is -0.312 e. The molecule has 1 aromatic carbocycles. The molecule has 3 rings (SSSR count). The van der Waals surface area contributed by atoms with Gasteiger partial charge in [0.15, 0.2) is 5.84 Å². The van der Waals surface area contributed by atoms with Gasteiger partial charge in [-0.05, 0) is 19.9 Å². The van der Waals surface area contributed by atoms with E-state index in [2.05, 4.69) is 43.4 Å². The second-order valence-corrected chi connectivity index (χ2v) is 5.11. The van der Waals surface area contributed by atoms with Crippen molar-refractivity contribution in [2.75, 3.05) is 13.1 Å².